The van der Waals surface area contributed by atoms with Gasteiger partial charge < -0.3 is 4.74 Å². The Morgan fingerprint density at radius 1 is 0.963 bits per heavy atom. The van der Waals surface area contributed by atoms with Crippen molar-refractivity contribution >= 4 is 12.0 Å². The summed E-state index contributed by atoms with van der Waals surface area (Å²) in [5.74, 6) is -6.95. The molecule has 0 saturated heterocycles. The molecule has 2 aromatic carbocycles. The number of carbonyl (C=O) groups is 1. The lowest BCUT2D eigenvalue weighted by atomic mass is 9.91. The van der Waals surface area contributed by atoms with E-state index in [0.29, 0.717) is 24.3 Å². The largest absolute Gasteiger partial charge is 0.431 e. The standard InChI is InChI=1S/C20H15F5O2/c1-2-3-17(26)27-12-4-5-13-10(6-12)7-14(21)18(19(13)24)11-8-15(22)20(25)16(23)9-11/h6-9H,2-5H2,1H3. The van der Waals surface area contributed by atoms with Crippen molar-refractivity contribution in [2.75, 3.05) is 0 Å². The van der Waals surface area contributed by atoms with E-state index in [2.05, 4.69) is 0 Å². The van der Waals surface area contributed by atoms with E-state index in [0.717, 1.165) is 6.07 Å². The van der Waals surface area contributed by atoms with Gasteiger partial charge in [0.05, 0.1) is 5.56 Å². The Bertz CT molecular complexity index is 927. The number of hydrogen-bond donors (Lipinski definition) is 0. The number of fused-ring (bicyclic) bond motifs is 1. The highest BCUT2D eigenvalue weighted by Crippen LogP contribution is 2.36. The van der Waals surface area contributed by atoms with Gasteiger partial charge in [0.15, 0.2) is 17.5 Å². The van der Waals surface area contributed by atoms with Crippen LogP contribution >= 0.6 is 0 Å². The molecule has 0 radical (unpaired) electrons. The molecule has 0 atom stereocenters. The van der Waals surface area contributed by atoms with Crippen LogP contribution in [0.2, 0.25) is 0 Å². The Hall–Kier alpha value is -2.70. The molecule has 0 aromatic heterocycles. The van der Waals surface area contributed by atoms with Gasteiger partial charge in [0.1, 0.15) is 17.4 Å². The summed E-state index contributed by atoms with van der Waals surface area (Å²) in [6.07, 6.45) is 2.55. The first-order valence-electron chi connectivity index (χ1n) is 8.38. The van der Waals surface area contributed by atoms with Gasteiger partial charge in [-0.1, -0.05) is 6.92 Å². The summed E-state index contributed by atoms with van der Waals surface area (Å²) in [4.78, 5) is 11.6. The number of hydrogen-bond acceptors (Lipinski definition) is 2. The van der Waals surface area contributed by atoms with Crippen LogP contribution in [-0.2, 0) is 16.0 Å². The van der Waals surface area contributed by atoms with Crippen molar-refractivity contribution in [3.63, 3.8) is 0 Å². The highest BCUT2D eigenvalue weighted by atomic mass is 19.2. The van der Waals surface area contributed by atoms with Gasteiger partial charge in [0.2, 0.25) is 0 Å². The average Bonchev–Trinajstić information content (AvgIpc) is 2.59. The van der Waals surface area contributed by atoms with E-state index in [4.69, 9.17) is 4.74 Å². The number of esters is 1. The molecular weight excluding hydrogens is 367 g/mol. The molecule has 0 aliphatic heterocycles. The Morgan fingerprint density at radius 3 is 2.26 bits per heavy atom. The number of halogens is 5. The molecule has 1 aliphatic carbocycles. The van der Waals surface area contributed by atoms with Crippen LogP contribution in [0.15, 0.2) is 24.0 Å². The minimum Gasteiger partial charge on any atom is -0.431 e. The minimum atomic E-state index is -1.71. The first-order chi connectivity index (χ1) is 12.8. The normalized spacial score (nSPS) is 13.2. The molecule has 142 valence electrons. The molecule has 0 fully saturated rings. The van der Waals surface area contributed by atoms with E-state index in [1.165, 1.54) is 6.08 Å². The second kappa shape index (κ2) is 7.50. The lowest BCUT2D eigenvalue weighted by Crippen LogP contribution is -2.10. The first kappa shape index (κ1) is 19.1. The molecule has 0 heterocycles. The lowest BCUT2D eigenvalue weighted by Gasteiger charge is -2.19. The van der Waals surface area contributed by atoms with Gasteiger partial charge in [0.25, 0.3) is 0 Å². The van der Waals surface area contributed by atoms with Crippen LogP contribution in [0, 0.1) is 29.1 Å². The second-order valence-electron chi connectivity index (χ2n) is 6.20. The molecule has 0 saturated carbocycles. The summed E-state index contributed by atoms with van der Waals surface area (Å²) >= 11 is 0. The van der Waals surface area contributed by atoms with Crippen molar-refractivity contribution in [2.24, 2.45) is 0 Å². The maximum Gasteiger partial charge on any atom is 0.310 e. The fourth-order valence-electron chi connectivity index (χ4n) is 3.00. The summed E-state index contributed by atoms with van der Waals surface area (Å²) < 4.78 is 74.5. The van der Waals surface area contributed by atoms with Crippen LogP contribution in [0.3, 0.4) is 0 Å². The first-order valence-corrected chi connectivity index (χ1v) is 8.38. The maximum atomic E-state index is 14.9. The number of rotatable bonds is 4. The molecule has 2 nitrogen and oxygen atoms in total. The predicted octanol–water partition coefficient (Wildman–Crippen LogP) is 5.68. The van der Waals surface area contributed by atoms with Crippen LogP contribution < -0.4 is 0 Å². The Morgan fingerprint density at radius 2 is 1.63 bits per heavy atom. The zero-order valence-electron chi connectivity index (χ0n) is 14.3. The average molecular weight is 382 g/mol. The van der Waals surface area contributed by atoms with Gasteiger partial charge in [0, 0.05) is 12.8 Å². The van der Waals surface area contributed by atoms with Crippen molar-refractivity contribution < 1.29 is 31.5 Å². The Kier molecular flexibility index (Phi) is 5.30. The zero-order valence-corrected chi connectivity index (χ0v) is 14.3. The van der Waals surface area contributed by atoms with Crippen molar-refractivity contribution in [1.29, 1.82) is 0 Å². The lowest BCUT2D eigenvalue weighted by molar-refractivity contribution is -0.139. The van der Waals surface area contributed by atoms with Gasteiger partial charge in [-0.25, -0.2) is 22.0 Å². The van der Waals surface area contributed by atoms with Crippen molar-refractivity contribution in [3.8, 4) is 11.1 Å². The van der Waals surface area contributed by atoms with Crippen LogP contribution in [0.4, 0.5) is 22.0 Å². The van der Waals surface area contributed by atoms with E-state index in [-0.39, 0.29) is 30.4 Å². The molecule has 3 rings (SSSR count). The smallest absolute Gasteiger partial charge is 0.310 e. The number of allylic oxidation sites excluding steroid dienone is 1. The van der Waals surface area contributed by atoms with Gasteiger partial charge in [-0.2, -0.15) is 0 Å². The third-order valence-corrected chi connectivity index (χ3v) is 4.26. The van der Waals surface area contributed by atoms with E-state index in [1.54, 1.807) is 0 Å². The fourth-order valence-corrected chi connectivity index (χ4v) is 3.00. The molecule has 0 N–H and O–H groups in total. The maximum absolute atomic E-state index is 14.9. The highest BCUT2D eigenvalue weighted by Gasteiger charge is 2.24. The quantitative estimate of drug-likeness (QED) is 0.386. The molecule has 27 heavy (non-hydrogen) atoms. The summed E-state index contributed by atoms with van der Waals surface area (Å²) in [6, 6.07) is 2.09. The van der Waals surface area contributed by atoms with E-state index in [9.17, 15) is 26.7 Å². The van der Waals surface area contributed by atoms with Gasteiger partial charge >= 0.3 is 5.97 Å². The van der Waals surface area contributed by atoms with Gasteiger partial charge in [-0.15, -0.1) is 0 Å². The zero-order chi connectivity index (χ0) is 19.7. The minimum absolute atomic E-state index is 0.117. The third kappa shape index (κ3) is 3.72. The molecule has 1 aliphatic rings. The number of ether oxygens (including phenoxy) is 1. The summed E-state index contributed by atoms with van der Waals surface area (Å²) in [5.41, 5.74) is -0.756. The molecule has 0 spiro atoms. The van der Waals surface area contributed by atoms with Crippen LogP contribution in [-0.4, -0.2) is 5.97 Å². The van der Waals surface area contributed by atoms with Gasteiger partial charge in [-0.3, -0.25) is 4.79 Å². The molecule has 0 unspecified atom stereocenters. The Balaban J connectivity index is 2.03. The van der Waals surface area contributed by atoms with Crippen LogP contribution in [0.5, 0.6) is 0 Å². The molecule has 0 amide bonds. The summed E-state index contributed by atoms with van der Waals surface area (Å²) in [5, 5.41) is 0. The van der Waals surface area contributed by atoms with E-state index in [1.807, 2.05) is 6.92 Å². The van der Waals surface area contributed by atoms with Crippen molar-refractivity contribution in [1.82, 2.24) is 0 Å². The van der Waals surface area contributed by atoms with Crippen molar-refractivity contribution in [2.45, 2.75) is 32.6 Å². The second-order valence-corrected chi connectivity index (χ2v) is 6.20. The monoisotopic (exact) mass is 382 g/mol. The highest BCUT2D eigenvalue weighted by molar-refractivity contribution is 5.74. The number of carbonyl (C=O) groups excluding carboxylic acids is 1. The number of benzene rings is 2. The Labute approximate surface area is 152 Å². The fraction of sp³-hybridized carbons (Fsp3) is 0.250. The van der Waals surface area contributed by atoms with E-state index >= 15 is 0 Å². The SMILES string of the molecule is CCCC(=O)OC1=Cc2cc(F)c(-c3cc(F)c(F)c(F)c3)c(F)c2CC1. The van der Waals surface area contributed by atoms with E-state index < -0.39 is 46.2 Å². The molecule has 7 heteroatoms. The third-order valence-electron chi connectivity index (χ3n) is 4.26. The molecule has 2 aromatic rings. The summed E-state index contributed by atoms with van der Waals surface area (Å²) in [6.45, 7) is 1.82. The van der Waals surface area contributed by atoms with Crippen LogP contribution in [0.1, 0.15) is 37.3 Å². The predicted molar refractivity (Wildman–Crippen MR) is 89.0 cm³/mol. The molecular formula is C20H15F5O2. The van der Waals surface area contributed by atoms with Crippen molar-refractivity contribution in [3.05, 3.63) is 64.2 Å². The topological polar surface area (TPSA) is 26.3 Å². The summed E-state index contributed by atoms with van der Waals surface area (Å²) in [7, 11) is 0. The van der Waals surface area contributed by atoms with Gasteiger partial charge in [-0.05, 0) is 53.8 Å². The molecule has 0 bridgehead atoms. The van der Waals surface area contributed by atoms with Crippen LogP contribution in [0.25, 0.3) is 17.2 Å².